The Morgan fingerprint density at radius 3 is 2.75 bits per heavy atom. The molecule has 2 heterocycles. The fourth-order valence-corrected chi connectivity index (χ4v) is 2.27. The van der Waals surface area contributed by atoms with Crippen molar-refractivity contribution in [3.8, 4) is 0 Å². The van der Waals surface area contributed by atoms with Crippen molar-refractivity contribution < 1.29 is 4.39 Å². The third-order valence-corrected chi connectivity index (χ3v) is 3.36. The molecule has 0 unspecified atom stereocenters. The van der Waals surface area contributed by atoms with Crippen LogP contribution in [0, 0.1) is 6.92 Å². The van der Waals surface area contributed by atoms with E-state index in [-0.39, 0.29) is 0 Å². The lowest BCUT2D eigenvalue weighted by atomic mass is 10.2. The molecule has 0 aliphatic heterocycles. The summed E-state index contributed by atoms with van der Waals surface area (Å²) in [7, 11) is 0. The highest BCUT2D eigenvalue weighted by atomic mass is 19.1. The predicted octanol–water partition coefficient (Wildman–Crippen LogP) is 2.23. The largest absolute Gasteiger partial charge is 0.307 e. The Kier molecular flexibility index (Phi) is 4.89. The standard InChI is InChI=1S/C14H22FN5/c1-11(2)20-12(3)13(9-18-20)8-16-10-14-4-6-17-19(14)7-5-15/h4,6,9,11,16H,5,7-8,10H2,1-3H3. The highest BCUT2D eigenvalue weighted by Gasteiger charge is 2.09. The molecule has 110 valence electrons. The van der Waals surface area contributed by atoms with Crippen molar-refractivity contribution in [3.63, 3.8) is 0 Å². The van der Waals surface area contributed by atoms with Crippen LogP contribution in [0.3, 0.4) is 0 Å². The third-order valence-electron chi connectivity index (χ3n) is 3.36. The second-order valence-electron chi connectivity index (χ2n) is 5.13. The van der Waals surface area contributed by atoms with E-state index in [0.29, 0.717) is 19.1 Å². The minimum absolute atomic E-state index is 0.314. The second kappa shape index (κ2) is 6.65. The average molecular weight is 279 g/mol. The van der Waals surface area contributed by atoms with Gasteiger partial charge in [-0.25, -0.2) is 4.39 Å². The normalized spacial score (nSPS) is 11.4. The van der Waals surface area contributed by atoms with Crippen molar-refractivity contribution in [2.45, 2.75) is 46.4 Å². The average Bonchev–Trinajstić information content (AvgIpc) is 2.98. The first-order chi connectivity index (χ1) is 9.63. The van der Waals surface area contributed by atoms with Crippen LogP contribution in [0.1, 0.15) is 36.8 Å². The first-order valence-corrected chi connectivity index (χ1v) is 6.93. The molecule has 20 heavy (non-hydrogen) atoms. The SMILES string of the molecule is Cc1c(CNCc2ccnn2CCF)cnn1C(C)C. The molecule has 2 aromatic rings. The van der Waals surface area contributed by atoms with E-state index in [1.54, 1.807) is 10.9 Å². The maximum atomic E-state index is 12.4. The monoisotopic (exact) mass is 279 g/mol. The summed E-state index contributed by atoms with van der Waals surface area (Å²) in [5, 5.41) is 11.8. The third kappa shape index (κ3) is 3.25. The van der Waals surface area contributed by atoms with Gasteiger partial charge in [-0.3, -0.25) is 9.36 Å². The van der Waals surface area contributed by atoms with Gasteiger partial charge in [-0.1, -0.05) is 0 Å². The molecule has 0 spiro atoms. The molecule has 6 heteroatoms. The van der Waals surface area contributed by atoms with Crippen LogP contribution in [0.2, 0.25) is 0 Å². The summed E-state index contributed by atoms with van der Waals surface area (Å²) in [5.74, 6) is 0. The number of rotatable bonds is 7. The summed E-state index contributed by atoms with van der Waals surface area (Å²) in [4.78, 5) is 0. The lowest BCUT2D eigenvalue weighted by molar-refractivity contribution is 0.417. The first kappa shape index (κ1) is 14.7. The zero-order chi connectivity index (χ0) is 14.5. The highest BCUT2D eigenvalue weighted by Crippen LogP contribution is 2.12. The number of alkyl halides is 1. The topological polar surface area (TPSA) is 47.7 Å². The van der Waals surface area contributed by atoms with Crippen molar-refractivity contribution in [1.82, 2.24) is 24.9 Å². The Morgan fingerprint density at radius 2 is 2.10 bits per heavy atom. The predicted molar refractivity (Wildman–Crippen MR) is 76.1 cm³/mol. The van der Waals surface area contributed by atoms with Gasteiger partial charge < -0.3 is 5.32 Å². The summed E-state index contributed by atoms with van der Waals surface area (Å²) < 4.78 is 16.1. The summed E-state index contributed by atoms with van der Waals surface area (Å²) in [5.41, 5.74) is 3.37. The smallest absolute Gasteiger partial charge is 0.109 e. The van der Waals surface area contributed by atoms with Gasteiger partial charge in [0, 0.05) is 36.6 Å². The van der Waals surface area contributed by atoms with Crippen molar-refractivity contribution >= 4 is 0 Å². The molecule has 5 nitrogen and oxygen atoms in total. The first-order valence-electron chi connectivity index (χ1n) is 6.93. The van der Waals surface area contributed by atoms with E-state index in [1.807, 2.05) is 16.9 Å². The van der Waals surface area contributed by atoms with E-state index in [0.717, 1.165) is 12.2 Å². The van der Waals surface area contributed by atoms with Crippen molar-refractivity contribution in [3.05, 3.63) is 35.4 Å². The Morgan fingerprint density at radius 1 is 1.30 bits per heavy atom. The Balaban J connectivity index is 1.91. The van der Waals surface area contributed by atoms with Gasteiger partial charge >= 0.3 is 0 Å². The van der Waals surface area contributed by atoms with Gasteiger partial charge in [-0.2, -0.15) is 10.2 Å². The number of nitrogens with one attached hydrogen (secondary N) is 1. The lowest BCUT2D eigenvalue weighted by Gasteiger charge is -2.10. The molecular formula is C14H22FN5. The molecule has 0 radical (unpaired) electrons. The summed E-state index contributed by atoms with van der Waals surface area (Å²) in [6.45, 7) is 7.66. The molecule has 2 rings (SSSR count). The molecule has 0 bridgehead atoms. The van der Waals surface area contributed by atoms with Crippen LogP contribution < -0.4 is 5.32 Å². The number of nitrogens with zero attached hydrogens (tertiary/aromatic N) is 4. The van der Waals surface area contributed by atoms with E-state index in [2.05, 4.69) is 36.3 Å². The quantitative estimate of drug-likeness (QED) is 0.845. The van der Waals surface area contributed by atoms with Gasteiger partial charge in [0.1, 0.15) is 6.67 Å². The van der Waals surface area contributed by atoms with Crippen LogP contribution in [0.4, 0.5) is 4.39 Å². The molecule has 0 fully saturated rings. The van der Waals surface area contributed by atoms with Gasteiger partial charge in [0.2, 0.25) is 0 Å². The van der Waals surface area contributed by atoms with E-state index >= 15 is 0 Å². The Hall–Kier alpha value is -1.69. The van der Waals surface area contributed by atoms with Gasteiger partial charge in [0.15, 0.2) is 0 Å². The maximum absolute atomic E-state index is 12.4. The van der Waals surface area contributed by atoms with E-state index in [9.17, 15) is 4.39 Å². The van der Waals surface area contributed by atoms with Gasteiger partial charge in [0.05, 0.1) is 18.4 Å². The minimum Gasteiger partial charge on any atom is -0.307 e. The van der Waals surface area contributed by atoms with E-state index in [4.69, 9.17) is 0 Å². The fraction of sp³-hybridized carbons (Fsp3) is 0.571. The van der Waals surface area contributed by atoms with Crippen molar-refractivity contribution in [1.29, 1.82) is 0 Å². The molecule has 0 aliphatic carbocycles. The highest BCUT2D eigenvalue weighted by molar-refractivity contribution is 5.16. The number of aromatic nitrogens is 4. The van der Waals surface area contributed by atoms with Gasteiger partial charge in [-0.15, -0.1) is 0 Å². The van der Waals surface area contributed by atoms with Crippen molar-refractivity contribution in [2.24, 2.45) is 0 Å². The number of hydrogen-bond donors (Lipinski definition) is 1. The van der Waals surface area contributed by atoms with Crippen LogP contribution in [-0.4, -0.2) is 26.2 Å². The molecule has 2 aromatic heterocycles. The lowest BCUT2D eigenvalue weighted by Crippen LogP contribution is -2.17. The van der Waals surface area contributed by atoms with Crippen LogP contribution in [-0.2, 0) is 19.6 Å². The van der Waals surface area contributed by atoms with Crippen LogP contribution >= 0.6 is 0 Å². The Bertz CT molecular complexity index is 544. The van der Waals surface area contributed by atoms with Crippen LogP contribution in [0.15, 0.2) is 18.5 Å². The molecule has 0 amide bonds. The molecule has 0 atom stereocenters. The number of aryl methyl sites for hydroxylation is 1. The molecule has 1 N–H and O–H groups in total. The molecule has 0 aromatic carbocycles. The van der Waals surface area contributed by atoms with Gasteiger partial charge in [0.25, 0.3) is 0 Å². The van der Waals surface area contributed by atoms with E-state index in [1.165, 1.54) is 11.3 Å². The van der Waals surface area contributed by atoms with E-state index < -0.39 is 6.67 Å². The van der Waals surface area contributed by atoms with Gasteiger partial charge in [-0.05, 0) is 26.8 Å². The Labute approximate surface area is 118 Å². The van der Waals surface area contributed by atoms with Crippen molar-refractivity contribution in [2.75, 3.05) is 6.67 Å². The fourth-order valence-electron chi connectivity index (χ4n) is 2.27. The molecular weight excluding hydrogens is 257 g/mol. The molecule has 0 aliphatic rings. The second-order valence-corrected chi connectivity index (χ2v) is 5.13. The zero-order valence-corrected chi connectivity index (χ0v) is 12.3. The van der Waals surface area contributed by atoms with Crippen LogP contribution in [0.25, 0.3) is 0 Å². The summed E-state index contributed by atoms with van der Waals surface area (Å²) in [6, 6.07) is 2.28. The maximum Gasteiger partial charge on any atom is 0.109 e. The van der Waals surface area contributed by atoms with Crippen LogP contribution in [0.5, 0.6) is 0 Å². The molecule has 0 saturated heterocycles. The zero-order valence-electron chi connectivity index (χ0n) is 12.3. The number of hydrogen-bond acceptors (Lipinski definition) is 3. The summed E-state index contributed by atoms with van der Waals surface area (Å²) >= 11 is 0. The molecule has 0 saturated carbocycles. The summed E-state index contributed by atoms with van der Waals surface area (Å²) in [6.07, 6.45) is 3.61. The number of halogens is 1. The minimum atomic E-state index is -0.394.